The summed E-state index contributed by atoms with van der Waals surface area (Å²) in [5.41, 5.74) is 0.995. The Bertz CT molecular complexity index is 1490. The molecule has 4 fully saturated rings. The molecule has 42 heavy (non-hydrogen) atoms. The average Bonchev–Trinajstić information content (AvgIpc) is 3.03. The average molecular weight is 574 g/mol. The minimum Gasteiger partial charge on any atom is -0.457 e. The van der Waals surface area contributed by atoms with Crippen LogP contribution in [0.1, 0.15) is 48.9 Å². The van der Waals surface area contributed by atoms with Crippen LogP contribution < -0.4 is 15.9 Å². The summed E-state index contributed by atoms with van der Waals surface area (Å²) in [5.74, 6) is 1.66. The van der Waals surface area contributed by atoms with Gasteiger partial charge in [0.2, 0.25) is 0 Å². The third-order valence-corrected chi connectivity index (χ3v) is 13.3. The second-order valence-corrected chi connectivity index (χ2v) is 15.5. The Morgan fingerprint density at radius 1 is 0.643 bits per heavy atom. The van der Waals surface area contributed by atoms with Crippen LogP contribution in [0.3, 0.4) is 0 Å². The van der Waals surface area contributed by atoms with Gasteiger partial charge in [0.25, 0.3) is 0 Å². The number of Topliss-reactive ketones (excluding diaryl/α,β-unsaturated/α-hetero) is 1. The highest BCUT2D eigenvalue weighted by Crippen LogP contribution is 2.60. The maximum absolute atomic E-state index is 13.3. The summed E-state index contributed by atoms with van der Waals surface area (Å²) in [6.07, 6.45) is 6.63. The molecule has 0 saturated heterocycles. The van der Waals surface area contributed by atoms with Crippen LogP contribution in [0.4, 0.5) is 5.69 Å². The third kappa shape index (κ3) is 4.96. The van der Waals surface area contributed by atoms with Gasteiger partial charge in [-0.1, -0.05) is 91.0 Å². The SMILES string of the molecule is O=C(COC(=O)C12CC3CC(CC(C3)C1)C2)c1ccc(N=P(c2ccccc2)(c2ccccc2)c2ccccc2)cc1. The first-order valence-corrected chi connectivity index (χ1v) is 16.9. The molecule has 0 spiro atoms. The Balaban J connectivity index is 1.16. The van der Waals surface area contributed by atoms with E-state index in [4.69, 9.17) is 9.48 Å². The second-order valence-electron chi connectivity index (χ2n) is 12.5. The molecule has 4 bridgehead atoms. The molecule has 5 heteroatoms. The van der Waals surface area contributed by atoms with Gasteiger partial charge in [-0.25, -0.2) is 0 Å². The lowest BCUT2D eigenvalue weighted by Crippen LogP contribution is -2.50. The van der Waals surface area contributed by atoms with E-state index in [0.717, 1.165) is 24.9 Å². The Morgan fingerprint density at radius 3 is 1.50 bits per heavy atom. The Kier molecular flexibility index (Phi) is 7.20. The van der Waals surface area contributed by atoms with E-state index in [2.05, 4.69) is 72.8 Å². The zero-order valence-corrected chi connectivity index (χ0v) is 24.7. The molecule has 4 nitrogen and oxygen atoms in total. The fraction of sp³-hybridized carbons (Fsp3) is 0.297. The van der Waals surface area contributed by atoms with Gasteiger partial charge in [0.15, 0.2) is 12.4 Å². The Morgan fingerprint density at radius 2 is 1.07 bits per heavy atom. The summed E-state index contributed by atoms with van der Waals surface area (Å²) in [6.45, 7) is -0.202. The summed E-state index contributed by atoms with van der Waals surface area (Å²) in [7, 11) is -2.40. The van der Waals surface area contributed by atoms with Gasteiger partial charge >= 0.3 is 5.97 Å². The predicted octanol–water partition coefficient (Wildman–Crippen LogP) is 7.44. The maximum atomic E-state index is 13.3. The summed E-state index contributed by atoms with van der Waals surface area (Å²) >= 11 is 0. The summed E-state index contributed by atoms with van der Waals surface area (Å²) in [5, 5.41) is 3.50. The first-order chi connectivity index (χ1) is 20.5. The number of nitrogens with zero attached hydrogens (tertiary/aromatic N) is 1. The van der Waals surface area contributed by atoms with E-state index in [1.807, 2.05) is 42.5 Å². The summed E-state index contributed by atoms with van der Waals surface area (Å²) in [4.78, 5) is 26.4. The Labute approximate surface area is 248 Å². The molecular formula is C37H36NO3P. The van der Waals surface area contributed by atoms with Gasteiger partial charge in [-0.3, -0.25) is 14.3 Å². The van der Waals surface area contributed by atoms with Crippen LogP contribution in [-0.4, -0.2) is 18.4 Å². The van der Waals surface area contributed by atoms with Crippen molar-refractivity contribution < 1.29 is 14.3 Å². The highest BCUT2D eigenvalue weighted by molar-refractivity contribution is 7.87. The van der Waals surface area contributed by atoms with Gasteiger partial charge in [-0.05, 0) is 80.5 Å². The largest absolute Gasteiger partial charge is 0.457 e. The van der Waals surface area contributed by atoms with Crippen LogP contribution in [-0.2, 0) is 9.53 Å². The number of hydrogen-bond acceptors (Lipinski definition) is 4. The smallest absolute Gasteiger partial charge is 0.312 e. The van der Waals surface area contributed by atoms with Crippen molar-refractivity contribution in [1.82, 2.24) is 0 Å². The van der Waals surface area contributed by atoms with Gasteiger partial charge in [0, 0.05) is 21.5 Å². The van der Waals surface area contributed by atoms with Crippen LogP contribution in [0.25, 0.3) is 0 Å². The van der Waals surface area contributed by atoms with Crippen LogP contribution in [0.5, 0.6) is 0 Å². The first-order valence-electron chi connectivity index (χ1n) is 15.1. The van der Waals surface area contributed by atoms with E-state index in [1.165, 1.54) is 35.2 Å². The fourth-order valence-electron chi connectivity index (χ4n) is 8.17. The molecule has 0 N–H and O–H groups in total. The zero-order valence-electron chi connectivity index (χ0n) is 23.8. The molecule has 4 aromatic carbocycles. The third-order valence-electron chi connectivity index (χ3n) is 9.65. The van der Waals surface area contributed by atoms with Gasteiger partial charge < -0.3 is 4.74 Å². The second kappa shape index (κ2) is 11.2. The molecule has 212 valence electrons. The van der Waals surface area contributed by atoms with E-state index >= 15 is 0 Å². The van der Waals surface area contributed by atoms with Crippen molar-refractivity contribution in [2.45, 2.75) is 38.5 Å². The van der Waals surface area contributed by atoms with Crippen molar-refractivity contribution in [3.8, 4) is 0 Å². The van der Waals surface area contributed by atoms with E-state index in [9.17, 15) is 9.59 Å². The maximum Gasteiger partial charge on any atom is 0.312 e. The van der Waals surface area contributed by atoms with Crippen molar-refractivity contribution in [3.05, 3.63) is 121 Å². The molecule has 8 rings (SSSR count). The molecule has 0 heterocycles. The standard InChI is InChI=1S/C37H36NO3P/c39-35(26-41-36(40)37-23-27-20-28(24-37)22-29(21-27)25-37)30-16-18-31(19-17-30)38-42(32-10-4-1-5-11-32,33-12-6-2-7-13-33)34-14-8-3-9-15-34/h1-19,27-29H,20-26H2. The highest BCUT2D eigenvalue weighted by atomic mass is 31.2. The molecule has 0 aliphatic heterocycles. The van der Waals surface area contributed by atoms with E-state index in [0.29, 0.717) is 23.3 Å². The number of rotatable bonds is 8. The van der Waals surface area contributed by atoms with Crippen LogP contribution in [0.2, 0.25) is 0 Å². The van der Waals surface area contributed by atoms with Crippen LogP contribution in [0.15, 0.2) is 120 Å². The number of ketones is 1. The number of hydrogen-bond donors (Lipinski definition) is 0. The lowest BCUT2D eigenvalue weighted by atomic mass is 9.49. The quantitative estimate of drug-likeness (QED) is 0.125. The van der Waals surface area contributed by atoms with Gasteiger partial charge in [-0.15, -0.1) is 0 Å². The predicted molar refractivity (Wildman–Crippen MR) is 170 cm³/mol. The van der Waals surface area contributed by atoms with Crippen molar-refractivity contribution in [2.24, 2.45) is 27.9 Å². The molecule has 4 aromatic rings. The van der Waals surface area contributed by atoms with Gasteiger partial charge in [-0.2, -0.15) is 0 Å². The van der Waals surface area contributed by atoms with Crippen LogP contribution >= 0.6 is 7.05 Å². The number of carbonyl (C=O) groups is 2. The molecule has 0 radical (unpaired) electrons. The molecule has 0 unspecified atom stereocenters. The monoisotopic (exact) mass is 573 g/mol. The number of esters is 1. The van der Waals surface area contributed by atoms with Crippen molar-refractivity contribution in [3.63, 3.8) is 0 Å². The van der Waals surface area contributed by atoms with Gasteiger partial charge in [0.1, 0.15) is 0 Å². The summed E-state index contributed by atoms with van der Waals surface area (Å²) in [6, 6.07) is 38.9. The first kappa shape index (κ1) is 27.1. The summed E-state index contributed by atoms with van der Waals surface area (Å²) < 4.78 is 11.2. The van der Waals surface area contributed by atoms with Crippen molar-refractivity contribution >= 4 is 40.4 Å². The Hall–Kier alpha value is -3.75. The molecule has 0 aromatic heterocycles. The van der Waals surface area contributed by atoms with Crippen molar-refractivity contribution in [2.75, 3.05) is 6.61 Å². The molecule has 4 saturated carbocycles. The topological polar surface area (TPSA) is 55.7 Å². The highest BCUT2D eigenvalue weighted by Gasteiger charge is 2.55. The van der Waals surface area contributed by atoms with E-state index in [-0.39, 0.29) is 23.8 Å². The van der Waals surface area contributed by atoms with Gasteiger partial charge in [0.05, 0.1) is 18.2 Å². The molecular weight excluding hydrogens is 537 g/mol. The number of benzene rings is 4. The lowest BCUT2D eigenvalue weighted by molar-refractivity contribution is -0.170. The fourth-order valence-corrected chi connectivity index (χ4v) is 11.7. The molecule has 4 aliphatic carbocycles. The molecule has 0 amide bonds. The zero-order chi connectivity index (χ0) is 28.6. The minimum absolute atomic E-state index is 0.148. The van der Waals surface area contributed by atoms with E-state index < -0.39 is 7.05 Å². The lowest BCUT2D eigenvalue weighted by Gasteiger charge is -2.55. The number of ether oxygens (including phenoxy) is 1. The van der Waals surface area contributed by atoms with Crippen LogP contribution in [0, 0.1) is 23.2 Å². The van der Waals surface area contributed by atoms with Crippen molar-refractivity contribution in [1.29, 1.82) is 0 Å². The molecule has 0 atom stereocenters. The van der Waals surface area contributed by atoms with E-state index in [1.54, 1.807) is 0 Å². The molecule has 4 aliphatic rings. The number of carbonyl (C=O) groups excluding carboxylic acids is 2. The normalized spacial score (nSPS) is 24.2. The minimum atomic E-state index is -2.40.